The SMILES string of the molecule is CC1C(=O)C=C(c2ccc(Cl)cc2)C=C1F. The van der Waals surface area contributed by atoms with E-state index in [0.717, 1.165) is 5.56 Å². The third-order valence-electron chi connectivity index (χ3n) is 2.61. The number of ketones is 1. The fourth-order valence-corrected chi connectivity index (χ4v) is 1.66. The molecule has 1 aliphatic rings. The van der Waals surface area contributed by atoms with Crippen LogP contribution in [0.2, 0.25) is 5.02 Å². The van der Waals surface area contributed by atoms with Gasteiger partial charge in [0.2, 0.25) is 0 Å². The zero-order chi connectivity index (χ0) is 11.7. The minimum atomic E-state index is -0.656. The van der Waals surface area contributed by atoms with Crippen LogP contribution in [-0.4, -0.2) is 5.78 Å². The zero-order valence-electron chi connectivity index (χ0n) is 8.71. The number of hydrogen-bond acceptors (Lipinski definition) is 1. The van der Waals surface area contributed by atoms with E-state index in [0.29, 0.717) is 10.6 Å². The van der Waals surface area contributed by atoms with Crippen molar-refractivity contribution in [2.45, 2.75) is 6.92 Å². The minimum Gasteiger partial charge on any atom is -0.294 e. The van der Waals surface area contributed by atoms with Crippen LogP contribution in [0, 0.1) is 5.92 Å². The van der Waals surface area contributed by atoms with Gasteiger partial charge in [0.05, 0.1) is 5.92 Å². The van der Waals surface area contributed by atoms with Crippen molar-refractivity contribution in [2.75, 3.05) is 0 Å². The maximum atomic E-state index is 13.4. The summed E-state index contributed by atoms with van der Waals surface area (Å²) in [4.78, 5) is 11.5. The topological polar surface area (TPSA) is 17.1 Å². The predicted octanol–water partition coefficient (Wildman–Crippen LogP) is 3.80. The second-order valence-corrected chi connectivity index (χ2v) is 4.20. The molecule has 0 bridgehead atoms. The molecule has 0 fully saturated rings. The Morgan fingerprint density at radius 1 is 1.19 bits per heavy atom. The van der Waals surface area contributed by atoms with Crippen LogP contribution in [-0.2, 0) is 4.79 Å². The lowest BCUT2D eigenvalue weighted by atomic mass is 9.92. The van der Waals surface area contributed by atoms with Gasteiger partial charge in [0.25, 0.3) is 0 Å². The Hall–Kier alpha value is -1.41. The molecule has 1 nitrogen and oxygen atoms in total. The molecular formula is C13H10ClFO. The lowest BCUT2D eigenvalue weighted by molar-refractivity contribution is -0.117. The molecule has 2 rings (SSSR count). The summed E-state index contributed by atoms with van der Waals surface area (Å²) in [6.07, 6.45) is 2.87. The fraction of sp³-hybridized carbons (Fsp3) is 0.154. The molecule has 1 atom stereocenters. The van der Waals surface area contributed by atoms with E-state index in [2.05, 4.69) is 0 Å². The van der Waals surface area contributed by atoms with Gasteiger partial charge in [-0.3, -0.25) is 4.79 Å². The van der Waals surface area contributed by atoms with Crippen LogP contribution < -0.4 is 0 Å². The number of hydrogen-bond donors (Lipinski definition) is 0. The summed E-state index contributed by atoms with van der Waals surface area (Å²) in [6.45, 7) is 1.56. The molecule has 0 radical (unpaired) electrons. The Bertz CT molecular complexity index is 485. The van der Waals surface area contributed by atoms with Gasteiger partial charge in [0.15, 0.2) is 5.78 Å². The normalized spacial score (nSPS) is 20.4. The Labute approximate surface area is 98.2 Å². The van der Waals surface area contributed by atoms with Crippen molar-refractivity contribution in [3.05, 3.63) is 52.8 Å². The van der Waals surface area contributed by atoms with Crippen LogP contribution in [0.4, 0.5) is 4.39 Å². The molecule has 1 aliphatic carbocycles. The average molecular weight is 237 g/mol. The Balaban J connectivity index is 2.39. The molecule has 82 valence electrons. The van der Waals surface area contributed by atoms with Gasteiger partial charge < -0.3 is 0 Å². The molecule has 0 aromatic heterocycles. The van der Waals surface area contributed by atoms with Crippen molar-refractivity contribution in [3.8, 4) is 0 Å². The molecule has 16 heavy (non-hydrogen) atoms. The van der Waals surface area contributed by atoms with Crippen molar-refractivity contribution in [1.82, 2.24) is 0 Å². The highest BCUT2D eigenvalue weighted by molar-refractivity contribution is 6.30. The van der Waals surface area contributed by atoms with Gasteiger partial charge in [-0.05, 0) is 42.3 Å². The van der Waals surface area contributed by atoms with Crippen LogP contribution in [0.15, 0.2) is 42.2 Å². The average Bonchev–Trinajstić information content (AvgIpc) is 2.26. The summed E-state index contributed by atoms with van der Waals surface area (Å²) in [5.41, 5.74) is 1.39. The molecule has 0 aliphatic heterocycles. The molecule has 0 saturated carbocycles. The van der Waals surface area contributed by atoms with Crippen LogP contribution in [0.25, 0.3) is 5.57 Å². The molecule has 0 spiro atoms. The van der Waals surface area contributed by atoms with E-state index in [1.165, 1.54) is 12.2 Å². The maximum Gasteiger partial charge on any atom is 0.165 e. The second kappa shape index (κ2) is 4.22. The lowest BCUT2D eigenvalue weighted by Gasteiger charge is -2.13. The summed E-state index contributed by atoms with van der Waals surface area (Å²) in [5, 5.41) is 0.615. The monoisotopic (exact) mass is 236 g/mol. The van der Waals surface area contributed by atoms with Crippen LogP contribution in [0.1, 0.15) is 12.5 Å². The highest BCUT2D eigenvalue weighted by Gasteiger charge is 2.21. The predicted molar refractivity (Wildman–Crippen MR) is 62.8 cm³/mol. The van der Waals surface area contributed by atoms with Crippen molar-refractivity contribution < 1.29 is 9.18 Å². The van der Waals surface area contributed by atoms with E-state index in [-0.39, 0.29) is 5.78 Å². The van der Waals surface area contributed by atoms with E-state index in [1.54, 1.807) is 31.2 Å². The second-order valence-electron chi connectivity index (χ2n) is 3.76. The first-order valence-corrected chi connectivity index (χ1v) is 5.34. The van der Waals surface area contributed by atoms with Crippen LogP contribution >= 0.6 is 11.6 Å². The van der Waals surface area contributed by atoms with Gasteiger partial charge in [-0.1, -0.05) is 23.7 Å². The first-order valence-electron chi connectivity index (χ1n) is 4.96. The summed E-state index contributed by atoms with van der Waals surface area (Å²) in [7, 11) is 0. The van der Waals surface area contributed by atoms with Crippen molar-refractivity contribution >= 4 is 23.0 Å². The third kappa shape index (κ3) is 2.07. The van der Waals surface area contributed by atoms with Crippen molar-refractivity contribution in [3.63, 3.8) is 0 Å². The highest BCUT2D eigenvalue weighted by atomic mass is 35.5. The first-order chi connectivity index (χ1) is 7.58. The molecular weight excluding hydrogens is 227 g/mol. The zero-order valence-corrected chi connectivity index (χ0v) is 9.46. The van der Waals surface area contributed by atoms with Gasteiger partial charge in [-0.25, -0.2) is 4.39 Å². The largest absolute Gasteiger partial charge is 0.294 e. The first kappa shape index (κ1) is 11.1. The maximum absolute atomic E-state index is 13.4. The molecule has 1 unspecified atom stereocenters. The van der Waals surface area contributed by atoms with Crippen LogP contribution in [0.5, 0.6) is 0 Å². The number of carbonyl (C=O) groups is 1. The Kier molecular flexibility index (Phi) is 2.92. The van der Waals surface area contributed by atoms with Gasteiger partial charge in [-0.2, -0.15) is 0 Å². The smallest absolute Gasteiger partial charge is 0.165 e. The lowest BCUT2D eigenvalue weighted by Crippen LogP contribution is -2.12. The van der Waals surface area contributed by atoms with E-state index in [4.69, 9.17) is 11.6 Å². The van der Waals surface area contributed by atoms with Crippen LogP contribution in [0.3, 0.4) is 0 Å². The Morgan fingerprint density at radius 2 is 1.81 bits per heavy atom. The Morgan fingerprint density at radius 3 is 2.38 bits per heavy atom. The van der Waals surface area contributed by atoms with E-state index < -0.39 is 11.7 Å². The fourth-order valence-electron chi connectivity index (χ4n) is 1.54. The number of rotatable bonds is 1. The standard InChI is InChI=1S/C13H10ClFO/c1-8-12(15)6-10(7-13(8)16)9-2-4-11(14)5-3-9/h2-8H,1H3. The van der Waals surface area contributed by atoms with Gasteiger partial charge >= 0.3 is 0 Å². The number of carbonyl (C=O) groups excluding carboxylic acids is 1. The molecule has 0 N–H and O–H groups in total. The van der Waals surface area contributed by atoms with Crippen molar-refractivity contribution in [2.24, 2.45) is 5.92 Å². The van der Waals surface area contributed by atoms with Crippen molar-refractivity contribution in [1.29, 1.82) is 0 Å². The quantitative estimate of drug-likeness (QED) is 0.725. The van der Waals surface area contributed by atoms with Gasteiger partial charge in [-0.15, -0.1) is 0 Å². The van der Waals surface area contributed by atoms with E-state index >= 15 is 0 Å². The molecule has 1 aromatic rings. The molecule has 0 saturated heterocycles. The minimum absolute atomic E-state index is 0.204. The number of halogens is 2. The summed E-state index contributed by atoms with van der Waals surface area (Å²) < 4.78 is 13.4. The third-order valence-corrected chi connectivity index (χ3v) is 2.86. The molecule has 0 heterocycles. The summed E-state index contributed by atoms with van der Waals surface area (Å²) in [5.74, 6) is -1.25. The van der Waals surface area contributed by atoms with Gasteiger partial charge in [0, 0.05) is 5.02 Å². The summed E-state index contributed by atoms with van der Waals surface area (Å²) in [6, 6.07) is 6.96. The molecule has 1 aromatic carbocycles. The van der Waals surface area contributed by atoms with E-state index in [1.807, 2.05) is 0 Å². The van der Waals surface area contributed by atoms with Gasteiger partial charge in [0.1, 0.15) is 5.83 Å². The highest BCUT2D eigenvalue weighted by Crippen LogP contribution is 2.28. The summed E-state index contributed by atoms with van der Waals surface area (Å²) >= 11 is 5.76. The number of allylic oxidation sites excluding steroid dienone is 4. The molecule has 0 amide bonds. The van der Waals surface area contributed by atoms with E-state index in [9.17, 15) is 9.18 Å². The molecule has 3 heteroatoms. The number of benzene rings is 1.